The summed E-state index contributed by atoms with van der Waals surface area (Å²) in [6, 6.07) is 0.352. The molecule has 0 radical (unpaired) electrons. The molecule has 5 nitrogen and oxygen atoms in total. The first-order valence-corrected chi connectivity index (χ1v) is 6.84. The number of aryl methyl sites for hydroxylation is 1. The van der Waals surface area contributed by atoms with Gasteiger partial charge in [-0.25, -0.2) is 0 Å². The van der Waals surface area contributed by atoms with Crippen LogP contribution in [0.4, 0.5) is 6.01 Å². The van der Waals surface area contributed by atoms with Gasteiger partial charge in [-0.15, -0.1) is 5.10 Å². The normalized spacial score (nSPS) is 16.8. The Labute approximate surface area is 108 Å². The number of anilines is 1. The lowest BCUT2D eigenvalue weighted by Gasteiger charge is -2.26. The molecule has 0 bridgehead atoms. The summed E-state index contributed by atoms with van der Waals surface area (Å²) in [5.74, 6) is 0.792. The van der Waals surface area contributed by atoms with Crippen molar-refractivity contribution in [2.45, 2.75) is 52.4 Å². The van der Waals surface area contributed by atoms with Crippen LogP contribution in [-0.4, -0.2) is 22.6 Å². The van der Waals surface area contributed by atoms with Crippen molar-refractivity contribution in [3.8, 4) is 0 Å². The minimum atomic E-state index is 0.137. The fourth-order valence-corrected chi connectivity index (χ4v) is 2.49. The average Bonchev–Trinajstić information content (AvgIpc) is 2.82. The molecule has 5 heteroatoms. The first-order chi connectivity index (χ1) is 8.72. The van der Waals surface area contributed by atoms with Crippen LogP contribution in [0.25, 0.3) is 0 Å². The second-order valence-corrected chi connectivity index (χ2v) is 4.93. The van der Waals surface area contributed by atoms with Crippen LogP contribution in [0.5, 0.6) is 0 Å². The highest BCUT2D eigenvalue weighted by Gasteiger charge is 2.29. The molecule has 18 heavy (non-hydrogen) atoms. The number of carbonyl (C=O) groups is 1. The topological polar surface area (TPSA) is 59.2 Å². The maximum absolute atomic E-state index is 12.5. The predicted octanol–water partition coefficient (Wildman–Crippen LogP) is 2.70. The Morgan fingerprint density at radius 3 is 2.61 bits per heavy atom. The van der Waals surface area contributed by atoms with Gasteiger partial charge in [0.25, 0.3) is 0 Å². The molecular formula is C13H21N3O2. The lowest BCUT2D eigenvalue weighted by atomic mass is 9.88. The molecule has 0 unspecified atom stereocenters. The molecule has 1 aromatic rings. The van der Waals surface area contributed by atoms with E-state index in [1.807, 2.05) is 6.92 Å². The van der Waals surface area contributed by atoms with Crippen molar-refractivity contribution >= 4 is 11.9 Å². The van der Waals surface area contributed by atoms with Crippen molar-refractivity contribution < 1.29 is 9.21 Å². The van der Waals surface area contributed by atoms with Crippen molar-refractivity contribution in [1.82, 2.24) is 10.2 Å². The third kappa shape index (κ3) is 2.89. The van der Waals surface area contributed by atoms with E-state index in [2.05, 4.69) is 10.2 Å². The lowest BCUT2D eigenvalue weighted by molar-refractivity contribution is -0.123. The van der Waals surface area contributed by atoms with Crippen molar-refractivity contribution in [2.75, 3.05) is 11.4 Å². The van der Waals surface area contributed by atoms with E-state index in [9.17, 15) is 4.79 Å². The molecule has 1 aromatic heterocycles. The molecule has 0 N–H and O–H groups in total. The van der Waals surface area contributed by atoms with E-state index < -0.39 is 0 Å². The summed E-state index contributed by atoms with van der Waals surface area (Å²) in [4.78, 5) is 14.2. The molecule has 0 aromatic carbocycles. The third-order valence-corrected chi connectivity index (χ3v) is 3.41. The summed E-state index contributed by atoms with van der Waals surface area (Å²) in [5.41, 5.74) is 0. The van der Waals surface area contributed by atoms with E-state index in [1.165, 1.54) is 6.42 Å². The van der Waals surface area contributed by atoms with Gasteiger partial charge in [-0.05, 0) is 19.3 Å². The highest BCUT2D eigenvalue weighted by Crippen LogP contribution is 2.27. The Kier molecular flexibility index (Phi) is 4.33. The molecule has 1 amide bonds. The molecule has 100 valence electrons. The molecule has 1 aliphatic rings. The molecular weight excluding hydrogens is 230 g/mol. The molecule has 0 aliphatic heterocycles. The van der Waals surface area contributed by atoms with Gasteiger partial charge in [-0.3, -0.25) is 9.69 Å². The summed E-state index contributed by atoms with van der Waals surface area (Å²) in [5, 5.41) is 7.78. The van der Waals surface area contributed by atoms with Gasteiger partial charge in [-0.2, -0.15) is 0 Å². The maximum Gasteiger partial charge on any atom is 0.324 e. The van der Waals surface area contributed by atoms with E-state index >= 15 is 0 Å². The quantitative estimate of drug-likeness (QED) is 0.825. The third-order valence-electron chi connectivity index (χ3n) is 3.41. The Hall–Kier alpha value is -1.39. The zero-order valence-electron chi connectivity index (χ0n) is 11.2. The van der Waals surface area contributed by atoms with Gasteiger partial charge in [0.15, 0.2) is 0 Å². The molecule has 0 saturated heterocycles. The number of hydrogen-bond acceptors (Lipinski definition) is 4. The fourth-order valence-electron chi connectivity index (χ4n) is 2.49. The standard InChI is InChI=1S/C13H21N3O2/c1-3-9-16(13-15-14-10(2)18-13)12(17)11-7-5-4-6-8-11/h11H,3-9H2,1-2H3. The predicted molar refractivity (Wildman–Crippen MR) is 68.3 cm³/mol. The number of amides is 1. The van der Waals surface area contributed by atoms with Crippen molar-refractivity contribution in [1.29, 1.82) is 0 Å². The molecule has 1 saturated carbocycles. The highest BCUT2D eigenvalue weighted by atomic mass is 16.4. The van der Waals surface area contributed by atoms with Crippen LogP contribution >= 0.6 is 0 Å². The van der Waals surface area contributed by atoms with Crippen LogP contribution in [-0.2, 0) is 4.79 Å². The van der Waals surface area contributed by atoms with E-state index in [1.54, 1.807) is 11.8 Å². The Balaban J connectivity index is 2.11. The van der Waals surface area contributed by atoms with Crippen molar-refractivity contribution in [2.24, 2.45) is 5.92 Å². The Bertz CT molecular complexity index is 397. The summed E-state index contributed by atoms with van der Waals surface area (Å²) in [6.45, 7) is 4.44. The minimum Gasteiger partial charge on any atom is -0.408 e. The Morgan fingerprint density at radius 1 is 1.33 bits per heavy atom. The van der Waals surface area contributed by atoms with Crippen LogP contribution < -0.4 is 4.90 Å². The van der Waals surface area contributed by atoms with Crippen LogP contribution in [0.1, 0.15) is 51.3 Å². The van der Waals surface area contributed by atoms with Crippen LogP contribution in [0.15, 0.2) is 4.42 Å². The molecule has 0 spiro atoms. The van der Waals surface area contributed by atoms with Crippen LogP contribution in [0, 0.1) is 12.8 Å². The fraction of sp³-hybridized carbons (Fsp3) is 0.769. The molecule has 1 heterocycles. The highest BCUT2D eigenvalue weighted by molar-refractivity contribution is 5.93. The van der Waals surface area contributed by atoms with Gasteiger partial charge in [0.2, 0.25) is 11.8 Å². The van der Waals surface area contributed by atoms with Gasteiger partial charge >= 0.3 is 6.01 Å². The zero-order chi connectivity index (χ0) is 13.0. The van der Waals surface area contributed by atoms with Gasteiger partial charge in [0.05, 0.1) is 0 Å². The largest absolute Gasteiger partial charge is 0.408 e. The number of carbonyl (C=O) groups excluding carboxylic acids is 1. The molecule has 1 aliphatic carbocycles. The van der Waals surface area contributed by atoms with Gasteiger partial charge in [0.1, 0.15) is 0 Å². The second-order valence-electron chi connectivity index (χ2n) is 4.93. The number of aromatic nitrogens is 2. The van der Waals surface area contributed by atoms with Crippen molar-refractivity contribution in [3.63, 3.8) is 0 Å². The number of hydrogen-bond donors (Lipinski definition) is 0. The monoisotopic (exact) mass is 251 g/mol. The van der Waals surface area contributed by atoms with Crippen LogP contribution in [0.2, 0.25) is 0 Å². The first kappa shape index (κ1) is 13.1. The second kappa shape index (κ2) is 5.98. The van der Waals surface area contributed by atoms with E-state index in [-0.39, 0.29) is 11.8 Å². The summed E-state index contributed by atoms with van der Waals surface area (Å²) in [6.07, 6.45) is 6.42. The average molecular weight is 251 g/mol. The van der Waals surface area contributed by atoms with Gasteiger partial charge in [0, 0.05) is 19.4 Å². The van der Waals surface area contributed by atoms with E-state index in [4.69, 9.17) is 4.42 Å². The lowest BCUT2D eigenvalue weighted by Crippen LogP contribution is -2.38. The maximum atomic E-state index is 12.5. The summed E-state index contributed by atoms with van der Waals surface area (Å²) >= 11 is 0. The molecule has 0 atom stereocenters. The first-order valence-electron chi connectivity index (χ1n) is 6.84. The summed E-state index contributed by atoms with van der Waals surface area (Å²) < 4.78 is 5.39. The van der Waals surface area contributed by atoms with Gasteiger partial charge < -0.3 is 4.42 Å². The summed E-state index contributed by atoms with van der Waals surface area (Å²) in [7, 11) is 0. The Morgan fingerprint density at radius 2 is 2.06 bits per heavy atom. The SMILES string of the molecule is CCCN(C(=O)C1CCCCC1)c1nnc(C)o1. The van der Waals surface area contributed by atoms with E-state index in [0.29, 0.717) is 18.5 Å². The van der Waals surface area contributed by atoms with E-state index in [0.717, 1.165) is 32.1 Å². The smallest absolute Gasteiger partial charge is 0.324 e. The molecule has 2 rings (SSSR count). The molecule has 1 fully saturated rings. The number of rotatable bonds is 4. The van der Waals surface area contributed by atoms with Crippen molar-refractivity contribution in [3.05, 3.63) is 5.89 Å². The van der Waals surface area contributed by atoms with Gasteiger partial charge in [-0.1, -0.05) is 31.3 Å². The number of nitrogens with zero attached hydrogens (tertiary/aromatic N) is 3. The minimum absolute atomic E-state index is 0.137. The zero-order valence-corrected chi connectivity index (χ0v) is 11.2. The van der Waals surface area contributed by atoms with Crippen LogP contribution in [0.3, 0.4) is 0 Å².